The van der Waals surface area contributed by atoms with Gasteiger partial charge in [-0.25, -0.2) is 0 Å². The molecule has 0 radical (unpaired) electrons. The van der Waals surface area contributed by atoms with Gasteiger partial charge >= 0.3 is 0 Å². The summed E-state index contributed by atoms with van der Waals surface area (Å²) in [6, 6.07) is 0.824. The van der Waals surface area contributed by atoms with Crippen LogP contribution in [0.3, 0.4) is 0 Å². The third-order valence-electron chi connectivity index (χ3n) is 3.50. The topological polar surface area (TPSA) is 18.5 Å². The van der Waals surface area contributed by atoms with Crippen LogP contribution in [-0.2, 0) is 0 Å². The third-order valence-corrected chi connectivity index (χ3v) is 3.50. The van der Waals surface area contributed by atoms with Crippen molar-refractivity contribution in [1.29, 1.82) is 0 Å². The van der Waals surface area contributed by atoms with Crippen molar-refractivity contribution >= 4 is 0 Å². The molecule has 1 spiro atoms. The van der Waals surface area contributed by atoms with Gasteiger partial charge in [0.05, 0.1) is 5.54 Å². The van der Waals surface area contributed by atoms with E-state index in [0.29, 0.717) is 5.54 Å². The first-order chi connectivity index (χ1) is 6.31. The molecular weight excluding hydrogens is 162 g/mol. The van der Waals surface area contributed by atoms with E-state index in [1.807, 2.05) is 13.8 Å². The van der Waals surface area contributed by atoms with Crippen LogP contribution in [0.2, 0.25) is 0 Å². The highest BCUT2D eigenvalue weighted by atomic mass is 15.5. The highest BCUT2D eigenvalue weighted by Crippen LogP contribution is 2.47. The Kier molecular flexibility index (Phi) is 2.34. The number of hydrogen-bond acceptors (Lipinski definition) is 3. The molecule has 1 saturated carbocycles. The summed E-state index contributed by atoms with van der Waals surface area (Å²) in [7, 11) is 2.24. The molecule has 2 atom stereocenters. The maximum atomic E-state index is 3.55. The first-order valence-electron chi connectivity index (χ1n) is 5.48. The zero-order valence-electron chi connectivity index (χ0n) is 9.01. The van der Waals surface area contributed by atoms with Gasteiger partial charge in [0.25, 0.3) is 0 Å². The number of piperazine rings is 1. The molecule has 2 aliphatic heterocycles. The molecule has 3 rings (SSSR count). The molecule has 2 saturated heterocycles. The Hall–Kier alpha value is -0.120. The normalized spacial score (nSPS) is 43.2. The summed E-state index contributed by atoms with van der Waals surface area (Å²) in [4.78, 5) is 5.08. The van der Waals surface area contributed by atoms with Crippen molar-refractivity contribution in [2.75, 3.05) is 33.4 Å². The molecule has 2 unspecified atom stereocenters. The maximum Gasteiger partial charge on any atom is 0.0518 e. The molecule has 3 aliphatic rings. The molecule has 1 aliphatic carbocycles. The minimum absolute atomic E-state index is 0.576. The van der Waals surface area contributed by atoms with Crippen LogP contribution in [0.5, 0.6) is 0 Å². The average Bonchev–Trinajstić information content (AvgIpc) is 2.72. The molecule has 0 aromatic rings. The molecule has 1 N–H and O–H groups in total. The second kappa shape index (κ2) is 3.23. The van der Waals surface area contributed by atoms with Crippen molar-refractivity contribution < 1.29 is 0 Å². The van der Waals surface area contributed by atoms with Crippen molar-refractivity contribution in [3.8, 4) is 0 Å². The van der Waals surface area contributed by atoms with Gasteiger partial charge in [-0.1, -0.05) is 13.8 Å². The number of nitrogens with one attached hydrogen (secondary N) is 1. The molecule has 13 heavy (non-hydrogen) atoms. The van der Waals surface area contributed by atoms with E-state index in [1.165, 1.54) is 26.1 Å². The molecule has 3 heteroatoms. The zero-order chi connectivity index (χ0) is 9.47. The van der Waals surface area contributed by atoms with E-state index in [0.717, 1.165) is 12.7 Å². The minimum Gasteiger partial charge on any atom is -0.303 e. The lowest BCUT2D eigenvalue weighted by molar-refractivity contribution is 0.0945. The van der Waals surface area contributed by atoms with Crippen LogP contribution in [0.1, 0.15) is 20.3 Å². The Balaban J connectivity index is 0.000000308. The molecule has 3 fully saturated rings. The van der Waals surface area contributed by atoms with E-state index in [1.54, 1.807) is 0 Å². The molecule has 0 aromatic carbocycles. The van der Waals surface area contributed by atoms with Gasteiger partial charge in [-0.3, -0.25) is 10.2 Å². The van der Waals surface area contributed by atoms with Crippen LogP contribution in [0.25, 0.3) is 0 Å². The SMILES string of the molecule is CC.CN1CCN2CNC3CC32C1. The van der Waals surface area contributed by atoms with Gasteiger partial charge in [0.1, 0.15) is 0 Å². The summed E-state index contributed by atoms with van der Waals surface area (Å²) < 4.78 is 0. The molecule has 3 nitrogen and oxygen atoms in total. The Morgan fingerprint density at radius 2 is 2.08 bits per heavy atom. The summed E-state index contributed by atoms with van der Waals surface area (Å²) in [5.74, 6) is 0. The Morgan fingerprint density at radius 3 is 2.77 bits per heavy atom. The minimum atomic E-state index is 0.576. The quantitative estimate of drug-likeness (QED) is 0.584. The van der Waals surface area contributed by atoms with E-state index in [2.05, 4.69) is 22.2 Å². The first-order valence-corrected chi connectivity index (χ1v) is 5.48. The fourth-order valence-corrected chi connectivity index (χ4v) is 2.70. The van der Waals surface area contributed by atoms with Gasteiger partial charge in [-0.05, 0) is 13.5 Å². The van der Waals surface area contributed by atoms with Crippen molar-refractivity contribution in [2.24, 2.45) is 0 Å². The number of hydrogen-bond donors (Lipinski definition) is 1. The van der Waals surface area contributed by atoms with E-state index in [-0.39, 0.29) is 0 Å². The van der Waals surface area contributed by atoms with Gasteiger partial charge in [0.2, 0.25) is 0 Å². The zero-order valence-corrected chi connectivity index (χ0v) is 9.01. The van der Waals surface area contributed by atoms with Crippen molar-refractivity contribution in [3.05, 3.63) is 0 Å². The van der Waals surface area contributed by atoms with Crippen LogP contribution in [-0.4, -0.2) is 54.7 Å². The van der Waals surface area contributed by atoms with E-state index in [9.17, 15) is 0 Å². The lowest BCUT2D eigenvalue weighted by atomic mass is 10.1. The van der Waals surface area contributed by atoms with Crippen molar-refractivity contribution in [1.82, 2.24) is 15.1 Å². The Morgan fingerprint density at radius 1 is 1.31 bits per heavy atom. The predicted molar refractivity (Wildman–Crippen MR) is 54.7 cm³/mol. The van der Waals surface area contributed by atoms with Crippen LogP contribution in [0.15, 0.2) is 0 Å². The first kappa shape index (κ1) is 9.44. The summed E-state index contributed by atoms with van der Waals surface area (Å²) in [6.45, 7) is 8.93. The van der Waals surface area contributed by atoms with Crippen LogP contribution in [0, 0.1) is 0 Å². The van der Waals surface area contributed by atoms with E-state index < -0.39 is 0 Å². The van der Waals surface area contributed by atoms with Gasteiger partial charge in [-0.15, -0.1) is 0 Å². The second-order valence-electron chi connectivity index (χ2n) is 4.22. The molecule has 2 heterocycles. The molecule has 76 valence electrons. The predicted octanol–water partition coefficient (Wildman–Crippen LogP) is 0.332. The van der Waals surface area contributed by atoms with Gasteiger partial charge in [0, 0.05) is 32.3 Å². The lowest BCUT2D eigenvalue weighted by Gasteiger charge is -2.37. The summed E-state index contributed by atoms with van der Waals surface area (Å²) >= 11 is 0. The molecule has 0 aromatic heterocycles. The average molecular weight is 183 g/mol. The highest BCUT2D eigenvalue weighted by molar-refractivity contribution is 5.22. The molecular formula is C10H21N3. The largest absolute Gasteiger partial charge is 0.303 e. The summed E-state index contributed by atoms with van der Waals surface area (Å²) in [5, 5.41) is 3.55. The maximum absolute atomic E-state index is 3.55. The molecule has 0 bridgehead atoms. The fraction of sp³-hybridized carbons (Fsp3) is 1.00. The van der Waals surface area contributed by atoms with Gasteiger partial charge in [-0.2, -0.15) is 0 Å². The smallest absolute Gasteiger partial charge is 0.0518 e. The summed E-state index contributed by atoms with van der Waals surface area (Å²) in [6.07, 6.45) is 1.39. The van der Waals surface area contributed by atoms with Gasteiger partial charge < -0.3 is 4.90 Å². The highest BCUT2D eigenvalue weighted by Gasteiger charge is 2.63. The Bertz CT molecular complexity index is 195. The standard InChI is InChI=1S/C8H15N3.C2H6/c1-10-2-3-11-6-9-7-4-8(7,11)5-10;1-2/h7,9H,2-6H2,1H3;1-2H3. The van der Waals surface area contributed by atoms with Crippen LogP contribution < -0.4 is 5.32 Å². The fourth-order valence-electron chi connectivity index (χ4n) is 2.70. The Labute approximate surface area is 81.1 Å². The van der Waals surface area contributed by atoms with Crippen LogP contribution in [0.4, 0.5) is 0 Å². The number of likely N-dealkylation sites (N-methyl/N-ethyl adjacent to an activating group) is 1. The van der Waals surface area contributed by atoms with E-state index >= 15 is 0 Å². The van der Waals surface area contributed by atoms with Crippen LogP contribution >= 0.6 is 0 Å². The third kappa shape index (κ3) is 1.30. The lowest BCUT2D eigenvalue weighted by Crippen LogP contribution is -2.52. The van der Waals surface area contributed by atoms with Gasteiger partial charge in [0.15, 0.2) is 0 Å². The second-order valence-corrected chi connectivity index (χ2v) is 4.22. The summed E-state index contributed by atoms with van der Waals surface area (Å²) in [5.41, 5.74) is 0.576. The van der Waals surface area contributed by atoms with E-state index in [4.69, 9.17) is 0 Å². The number of rotatable bonds is 0. The monoisotopic (exact) mass is 183 g/mol. The van der Waals surface area contributed by atoms with Crippen molar-refractivity contribution in [3.63, 3.8) is 0 Å². The van der Waals surface area contributed by atoms with Crippen molar-refractivity contribution in [2.45, 2.75) is 31.8 Å². The number of nitrogens with zero attached hydrogens (tertiary/aromatic N) is 2. The molecule has 0 amide bonds.